The highest BCUT2D eigenvalue weighted by Crippen LogP contribution is 2.24. The molecule has 0 fully saturated rings. The molecule has 0 amide bonds. The molecule has 1 nitrogen and oxygen atoms in total. The number of rotatable bonds is 7. The van der Waals surface area contributed by atoms with E-state index in [1.165, 1.54) is 12.1 Å². The van der Waals surface area contributed by atoms with Crippen LogP contribution in [0.4, 0.5) is 8.78 Å². The van der Waals surface area contributed by atoms with Crippen molar-refractivity contribution in [3.8, 4) is 5.75 Å². The average Bonchev–Trinajstić information content (AvgIpc) is 2.55. The maximum Gasteiger partial charge on any atom is 0.201 e. The predicted octanol–water partition coefficient (Wildman–Crippen LogP) is 5.70. The van der Waals surface area contributed by atoms with Gasteiger partial charge in [-0.05, 0) is 24.1 Å². The molecule has 0 radical (unpaired) electrons. The van der Waals surface area contributed by atoms with Gasteiger partial charge < -0.3 is 4.74 Å². The fourth-order valence-corrected chi connectivity index (χ4v) is 2.07. The second-order valence-electron chi connectivity index (χ2n) is 5.08. The van der Waals surface area contributed by atoms with Crippen LogP contribution in [0.5, 0.6) is 5.75 Å². The molecule has 0 N–H and O–H groups in total. The maximum atomic E-state index is 14.0. The Kier molecular flexibility index (Phi) is 6.13. The first-order chi connectivity index (χ1) is 10.7. The number of hydrogen-bond acceptors (Lipinski definition) is 1. The predicted molar refractivity (Wildman–Crippen MR) is 86.7 cm³/mol. The van der Waals surface area contributed by atoms with Crippen molar-refractivity contribution < 1.29 is 13.5 Å². The Balaban J connectivity index is 2.08. The molecule has 0 bridgehead atoms. The second kappa shape index (κ2) is 8.32. The Hall–Kier alpha value is -2.16. The van der Waals surface area contributed by atoms with Gasteiger partial charge in [-0.1, -0.05) is 62.2 Å². The topological polar surface area (TPSA) is 9.23 Å². The third-order valence-corrected chi connectivity index (χ3v) is 3.34. The second-order valence-corrected chi connectivity index (χ2v) is 5.08. The first-order valence-corrected chi connectivity index (χ1v) is 7.56. The van der Waals surface area contributed by atoms with Crippen molar-refractivity contribution in [2.45, 2.75) is 26.2 Å². The van der Waals surface area contributed by atoms with Crippen molar-refractivity contribution in [1.29, 1.82) is 0 Å². The SMILES string of the molecule is CCCCCOc1ccc(C=Cc2ccccc2)c(F)c1F. The van der Waals surface area contributed by atoms with Crippen molar-refractivity contribution in [2.24, 2.45) is 0 Å². The van der Waals surface area contributed by atoms with Gasteiger partial charge in [0.2, 0.25) is 5.82 Å². The van der Waals surface area contributed by atoms with E-state index in [0.29, 0.717) is 6.61 Å². The molecular weight excluding hydrogens is 282 g/mol. The summed E-state index contributed by atoms with van der Waals surface area (Å²) in [5.41, 5.74) is 1.14. The first kappa shape index (κ1) is 16.2. The van der Waals surface area contributed by atoms with E-state index in [4.69, 9.17) is 4.74 Å². The number of hydrogen-bond donors (Lipinski definition) is 0. The fourth-order valence-electron chi connectivity index (χ4n) is 2.07. The summed E-state index contributed by atoms with van der Waals surface area (Å²) in [4.78, 5) is 0. The highest BCUT2D eigenvalue weighted by Gasteiger charge is 2.12. The Morgan fingerprint density at radius 1 is 0.909 bits per heavy atom. The number of halogens is 2. The lowest BCUT2D eigenvalue weighted by Crippen LogP contribution is -2.01. The van der Waals surface area contributed by atoms with Crippen molar-refractivity contribution in [3.63, 3.8) is 0 Å². The summed E-state index contributed by atoms with van der Waals surface area (Å²) in [5, 5.41) is 0. The Morgan fingerprint density at radius 2 is 1.68 bits per heavy atom. The van der Waals surface area contributed by atoms with Crippen LogP contribution in [0.25, 0.3) is 12.2 Å². The van der Waals surface area contributed by atoms with Gasteiger partial charge in [-0.3, -0.25) is 0 Å². The van der Waals surface area contributed by atoms with E-state index in [2.05, 4.69) is 6.92 Å². The van der Waals surface area contributed by atoms with Crippen LogP contribution < -0.4 is 4.74 Å². The molecule has 0 spiro atoms. The van der Waals surface area contributed by atoms with Gasteiger partial charge in [0.15, 0.2) is 11.6 Å². The molecule has 0 unspecified atom stereocenters. The van der Waals surface area contributed by atoms with Crippen LogP contribution in [0, 0.1) is 11.6 Å². The molecule has 2 rings (SSSR count). The van der Waals surface area contributed by atoms with E-state index in [0.717, 1.165) is 24.8 Å². The van der Waals surface area contributed by atoms with Gasteiger partial charge in [-0.25, -0.2) is 4.39 Å². The van der Waals surface area contributed by atoms with Gasteiger partial charge in [-0.2, -0.15) is 4.39 Å². The minimum atomic E-state index is -0.924. The maximum absolute atomic E-state index is 14.0. The van der Waals surface area contributed by atoms with Crippen LogP contribution >= 0.6 is 0 Å². The van der Waals surface area contributed by atoms with Crippen LogP contribution in [0.3, 0.4) is 0 Å². The molecule has 0 aliphatic carbocycles. The van der Waals surface area contributed by atoms with E-state index in [1.807, 2.05) is 30.3 Å². The zero-order valence-electron chi connectivity index (χ0n) is 12.7. The highest BCUT2D eigenvalue weighted by atomic mass is 19.2. The van der Waals surface area contributed by atoms with Gasteiger partial charge in [-0.15, -0.1) is 0 Å². The molecule has 0 heterocycles. The molecule has 0 aliphatic heterocycles. The Labute approximate surface area is 130 Å². The summed E-state index contributed by atoms with van der Waals surface area (Å²) in [7, 11) is 0. The Bertz CT molecular complexity index is 621. The molecule has 116 valence electrons. The zero-order chi connectivity index (χ0) is 15.8. The van der Waals surface area contributed by atoms with Gasteiger partial charge in [0.1, 0.15) is 0 Å². The molecule has 3 heteroatoms. The number of ether oxygens (including phenoxy) is 1. The van der Waals surface area contributed by atoms with Crippen LogP contribution in [0.2, 0.25) is 0 Å². The van der Waals surface area contributed by atoms with E-state index in [-0.39, 0.29) is 11.3 Å². The third kappa shape index (κ3) is 4.42. The molecule has 2 aromatic carbocycles. The lowest BCUT2D eigenvalue weighted by atomic mass is 10.1. The van der Waals surface area contributed by atoms with Crippen LogP contribution in [0.1, 0.15) is 37.3 Å². The lowest BCUT2D eigenvalue weighted by Gasteiger charge is -2.08. The van der Waals surface area contributed by atoms with Crippen LogP contribution in [-0.2, 0) is 0 Å². The van der Waals surface area contributed by atoms with Gasteiger partial charge in [0.25, 0.3) is 0 Å². The average molecular weight is 302 g/mol. The molecule has 0 saturated heterocycles. The monoisotopic (exact) mass is 302 g/mol. The summed E-state index contributed by atoms with van der Waals surface area (Å²) in [5.74, 6) is -1.82. The number of unbranched alkanes of at least 4 members (excludes halogenated alkanes) is 2. The highest BCUT2D eigenvalue weighted by molar-refractivity contribution is 5.70. The summed E-state index contributed by atoms with van der Waals surface area (Å²) >= 11 is 0. The van der Waals surface area contributed by atoms with Crippen molar-refractivity contribution in [1.82, 2.24) is 0 Å². The van der Waals surface area contributed by atoms with E-state index in [1.54, 1.807) is 12.2 Å². The standard InChI is InChI=1S/C19H20F2O/c1-2-3-7-14-22-17-13-12-16(18(20)19(17)21)11-10-15-8-5-4-6-9-15/h4-6,8-13H,2-3,7,14H2,1H3. The number of benzene rings is 2. The molecule has 22 heavy (non-hydrogen) atoms. The quantitative estimate of drug-likeness (QED) is 0.470. The minimum Gasteiger partial charge on any atom is -0.490 e. The molecular formula is C19H20F2O. The molecule has 0 aromatic heterocycles. The summed E-state index contributed by atoms with van der Waals surface area (Å²) < 4.78 is 33.3. The summed E-state index contributed by atoms with van der Waals surface area (Å²) in [6, 6.07) is 12.5. The first-order valence-electron chi connectivity index (χ1n) is 7.56. The largest absolute Gasteiger partial charge is 0.490 e. The van der Waals surface area contributed by atoms with Crippen LogP contribution in [0.15, 0.2) is 42.5 Å². The molecule has 0 aliphatic rings. The molecule has 0 atom stereocenters. The summed E-state index contributed by atoms with van der Waals surface area (Å²) in [6.45, 7) is 2.48. The van der Waals surface area contributed by atoms with E-state index in [9.17, 15) is 8.78 Å². The Morgan fingerprint density at radius 3 is 2.41 bits per heavy atom. The normalized spacial score (nSPS) is 11.0. The van der Waals surface area contributed by atoms with E-state index < -0.39 is 11.6 Å². The van der Waals surface area contributed by atoms with Crippen molar-refractivity contribution in [2.75, 3.05) is 6.61 Å². The van der Waals surface area contributed by atoms with Crippen LogP contribution in [-0.4, -0.2) is 6.61 Å². The fraction of sp³-hybridized carbons (Fsp3) is 0.263. The van der Waals surface area contributed by atoms with Gasteiger partial charge >= 0.3 is 0 Å². The van der Waals surface area contributed by atoms with Gasteiger partial charge in [0.05, 0.1) is 6.61 Å². The summed E-state index contributed by atoms with van der Waals surface area (Å²) in [6.07, 6.45) is 6.23. The van der Waals surface area contributed by atoms with Gasteiger partial charge in [0, 0.05) is 5.56 Å². The minimum absolute atomic E-state index is 0.0227. The van der Waals surface area contributed by atoms with Crippen molar-refractivity contribution in [3.05, 3.63) is 65.2 Å². The molecule has 2 aromatic rings. The van der Waals surface area contributed by atoms with E-state index >= 15 is 0 Å². The lowest BCUT2D eigenvalue weighted by molar-refractivity contribution is 0.286. The van der Waals surface area contributed by atoms with Crippen molar-refractivity contribution >= 4 is 12.2 Å². The molecule has 0 saturated carbocycles. The smallest absolute Gasteiger partial charge is 0.201 e. The zero-order valence-corrected chi connectivity index (χ0v) is 12.7. The third-order valence-electron chi connectivity index (χ3n) is 3.34.